The highest BCUT2D eigenvalue weighted by Crippen LogP contribution is 2.35. The number of ether oxygens (including phenoxy) is 1. The molecule has 202 valence electrons. The Bertz CT molecular complexity index is 1250. The predicted molar refractivity (Wildman–Crippen MR) is 138 cm³/mol. The summed E-state index contributed by atoms with van der Waals surface area (Å²) in [6.45, 7) is 4.37. The lowest BCUT2D eigenvalue weighted by Crippen LogP contribution is -2.32. The zero-order valence-corrected chi connectivity index (χ0v) is 21.4. The SMILES string of the molecule is CC(C)[C@@H](COc1ccc(-c2ccc(C(F)(F)F)cc2Cl)cn1)Nc1ccc(C(=O)NCCC(=O)O)cc1. The number of aliphatic carboxylic acids is 1. The van der Waals surface area contributed by atoms with E-state index in [2.05, 4.69) is 15.6 Å². The summed E-state index contributed by atoms with van der Waals surface area (Å²) in [7, 11) is 0. The number of anilines is 1. The second-order valence-electron chi connectivity index (χ2n) is 8.86. The van der Waals surface area contributed by atoms with E-state index in [1.165, 1.54) is 12.3 Å². The summed E-state index contributed by atoms with van der Waals surface area (Å²) < 4.78 is 44.5. The number of halogens is 4. The van der Waals surface area contributed by atoms with Crippen molar-refractivity contribution in [3.63, 3.8) is 0 Å². The Morgan fingerprint density at radius 1 is 1.08 bits per heavy atom. The third-order valence-electron chi connectivity index (χ3n) is 5.68. The van der Waals surface area contributed by atoms with Gasteiger partial charge in [-0.25, -0.2) is 4.98 Å². The molecule has 1 amide bonds. The number of carboxylic acid groups (broad SMARTS) is 1. The van der Waals surface area contributed by atoms with Crippen molar-refractivity contribution >= 4 is 29.2 Å². The third-order valence-corrected chi connectivity index (χ3v) is 6.00. The van der Waals surface area contributed by atoms with Crippen LogP contribution in [0.1, 0.15) is 36.2 Å². The van der Waals surface area contributed by atoms with Crippen LogP contribution in [-0.2, 0) is 11.0 Å². The van der Waals surface area contributed by atoms with Gasteiger partial charge >= 0.3 is 12.1 Å². The van der Waals surface area contributed by atoms with Crippen molar-refractivity contribution in [1.82, 2.24) is 10.3 Å². The molecule has 38 heavy (non-hydrogen) atoms. The summed E-state index contributed by atoms with van der Waals surface area (Å²) in [5.74, 6) is -0.813. The number of aromatic nitrogens is 1. The van der Waals surface area contributed by atoms with Gasteiger partial charge in [-0.05, 0) is 48.4 Å². The number of hydrogen-bond donors (Lipinski definition) is 3. The molecule has 0 aliphatic heterocycles. The maximum absolute atomic E-state index is 12.9. The van der Waals surface area contributed by atoms with Crippen molar-refractivity contribution in [2.75, 3.05) is 18.5 Å². The molecule has 0 saturated heterocycles. The van der Waals surface area contributed by atoms with Crippen molar-refractivity contribution in [3.8, 4) is 17.0 Å². The topological polar surface area (TPSA) is 101 Å². The molecule has 0 bridgehead atoms. The molecular formula is C27H27ClF3N3O4. The summed E-state index contributed by atoms with van der Waals surface area (Å²) in [4.78, 5) is 26.9. The molecule has 1 heterocycles. The van der Waals surface area contributed by atoms with E-state index in [9.17, 15) is 22.8 Å². The molecule has 0 aliphatic carbocycles. The van der Waals surface area contributed by atoms with Crippen LogP contribution in [0.5, 0.6) is 5.88 Å². The molecule has 0 radical (unpaired) electrons. The Morgan fingerprint density at radius 2 is 1.79 bits per heavy atom. The van der Waals surface area contributed by atoms with Gasteiger partial charge in [-0.2, -0.15) is 13.2 Å². The van der Waals surface area contributed by atoms with E-state index in [1.54, 1.807) is 36.4 Å². The minimum Gasteiger partial charge on any atom is -0.481 e. The Balaban J connectivity index is 1.58. The molecule has 3 aromatic rings. The fourth-order valence-corrected chi connectivity index (χ4v) is 3.73. The van der Waals surface area contributed by atoms with Crippen LogP contribution in [0.4, 0.5) is 18.9 Å². The van der Waals surface area contributed by atoms with Crippen LogP contribution in [0.15, 0.2) is 60.8 Å². The number of nitrogens with one attached hydrogen (secondary N) is 2. The standard InChI is InChI=1S/C27H27ClF3N3O4/c1-16(2)23(34-20-7-3-17(4-8-20)26(37)32-12-11-25(35)36)15-38-24-10-5-18(14-33-24)21-9-6-19(13-22(21)28)27(29,30)31/h3-10,13-14,16,23,34H,11-12,15H2,1-2H3,(H,32,37)(H,35,36)/t23-/m1/s1. The van der Waals surface area contributed by atoms with Crippen LogP contribution >= 0.6 is 11.6 Å². The molecule has 0 spiro atoms. The van der Waals surface area contributed by atoms with Gasteiger partial charge in [0.2, 0.25) is 5.88 Å². The second-order valence-corrected chi connectivity index (χ2v) is 9.27. The van der Waals surface area contributed by atoms with Crippen LogP contribution in [-0.4, -0.2) is 41.2 Å². The Kier molecular flexibility index (Phi) is 9.57. The summed E-state index contributed by atoms with van der Waals surface area (Å²) in [5.41, 5.74) is 1.35. The summed E-state index contributed by atoms with van der Waals surface area (Å²) in [5, 5.41) is 14.6. The van der Waals surface area contributed by atoms with Crippen molar-refractivity contribution < 1.29 is 32.6 Å². The van der Waals surface area contributed by atoms with E-state index in [4.69, 9.17) is 21.4 Å². The fraction of sp³-hybridized carbons (Fsp3) is 0.296. The van der Waals surface area contributed by atoms with Crippen molar-refractivity contribution in [2.24, 2.45) is 5.92 Å². The Morgan fingerprint density at radius 3 is 2.34 bits per heavy atom. The number of nitrogens with zero attached hydrogens (tertiary/aromatic N) is 1. The Hall–Kier alpha value is -3.79. The van der Waals surface area contributed by atoms with Gasteiger partial charge in [-0.3, -0.25) is 9.59 Å². The number of rotatable bonds is 11. The third kappa shape index (κ3) is 8.11. The first-order chi connectivity index (χ1) is 17.9. The number of alkyl halides is 3. The molecule has 0 unspecified atom stereocenters. The van der Waals surface area contributed by atoms with Crippen molar-refractivity contribution in [1.29, 1.82) is 0 Å². The van der Waals surface area contributed by atoms with Gasteiger partial charge in [0.25, 0.3) is 5.91 Å². The van der Waals surface area contributed by atoms with Crippen LogP contribution in [0.3, 0.4) is 0 Å². The van der Waals surface area contributed by atoms with Gasteiger partial charge < -0.3 is 20.5 Å². The highest BCUT2D eigenvalue weighted by Gasteiger charge is 2.31. The number of carbonyl (C=O) groups excluding carboxylic acids is 1. The lowest BCUT2D eigenvalue weighted by molar-refractivity contribution is -0.138. The number of carbonyl (C=O) groups is 2. The zero-order chi connectivity index (χ0) is 27.9. The van der Waals surface area contributed by atoms with Gasteiger partial charge in [0.1, 0.15) is 6.61 Å². The average Bonchev–Trinajstić information content (AvgIpc) is 2.86. The molecule has 1 aromatic heterocycles. The van der Waals surface area contributed by atoms with E-state index >= 15 is 0 Å². The molecule has 3 rings (SSSR count). The summed E-state index contributed by atoms with van der Waals surface area (Å²) in [6, 6.07) is 13.2. The molecule has 0 fully saturated rings. The van der Waals surface area contributed by atoms with Crippen molar-refractivity contribution in [2.45, 2.75) is 32.5 Å². The highest BCUT2D eigenvalue weighted by atomic mass is 35.5. The largest absolute Gasteiger partial charge is 0.481 e. The first kappa shape index (κ1) is 28.8. The van der Waals surface area contributed by atoms with E-state index in [0.717, 1.165) is 17.8 Å². The Labute approximate surface area is 223 Å². The highest BCUT2D eigenvalue weighted by molar-refractivity contribution is 6.33. The van der Waals surface area contributed by atoms with Crippen molar-refractivity contribution in [3.05, 3.63) is 76.9 Å². The molecule has 11 heteroatoms. The van der Waals surface area contributed by atoms with Gasteiger partial charge in [0.15, 0.2) is 0 Å². The van der Waals surface area contributed by atoms with Crippen LogP contribution in [0.25, 0.3) is 11.1 Å². The number of benzene rings is 2. The fourth-order valence-electron chi connectivity index (χ4n) is 3.44. The quantitative estimate of drug-likeness (QED) is 0.266. The van der Waals surface area contributed by atoms with E-state index < -0.39 is 17.7 Å². The zero-order valence-electron chi connectivity index (χ0n) is 20.7. The first-order valence-corrected chi connectivity index (χ1v) is 12.1. The van der Waals surface area contributed by atoms with Gasteiger partial charge in [0, 0.05) is 46.2 Å². The number of carboxylic acids is 1. The van der Waals surface area contributed by atoms with E-state index in [1.807, 2.05) is 13.8 Å². The maximum Gasteiger partial charge on any atom is 0.416 e. The molecule has 1 atom stereocenters. The van der Waals surface area contributed by atoms with Crippen LogP contribution < -0.4 is 15.4 Å². The number of amides is 1. The van der Waals surface area contributed by atoms with Gasteiger partial charge in [0.05, 0.1) is 18.0 Å². The molecule has 3 N–H and O–H groups in total. The van der Waals surface area contributed by atoms with E-state index in [-0.39, 0.29) is 42.5 Å². The number of hydrogen-bond acceptors (Lipinski definition) is 5. The van der Waals surface area contributed by atoms with Crippen LogP contribution in [0, 0.1) is 5.92 Å². The smallest absolute Gasteiger partial charge is 0.416 e. The second kappa shape index (κ2) is 12.6. The first-order valence-electron chi connectivity index (χ1n) is 11.8. The average molecular weight is 550 g/mol. The van der Waals surface area contributed by atoms with Crippen LogP contribution in [0.2, 0.25) is 5.02 Å². The normalized spacial score (nSPS) is 12.2. The van der Waals surface area contributed by atoms with Gasteiger partial charge in [-0.15, -0.1) is 0 Å². The lowest BCUT2D eigenvalue weighted by Gasteiger charge is -2.23. The molecular weight excluding hydrogens is 523 g/mol. The minimum atomic E-state index is -4.47. The molecule has 0 aliphatic rings. The maximum atomic E-state index is 12.9. The summed E-state index contributed by atoms with van der Waals surface area (Å²) in [6.07, 6.45) is -3.14. The van der Waals surface area contributed by atoms with Gasteiger partial charge in [-0.1, -0.05) is 31.5 Å². The van der Waals surface area contributed by atoms with E-state index in [0.29, 0.717) is 22.6 Å². The summed E-state index contributed by atoms with van der Waals surface area (Å²) >= 11 is 6.07. The lowest BCUT2D eigenvalue weighted by atomic mass is 10.0. The molecule has 2 aromatic carbocycles. The monoisotopic (exact) mass is 549 g/mol. The molecule has 7 nitrogen and oxygen atoms in total. The molecule has 0 saturated carbocycles. The number of pyridine rings is 1. The predicted octanol–water partition coefficient (Wildman–Crippen LogP) is 6.14. The minimum absolute atomic E-state index is 0.0249.